The third-order valence-corrected chi connectivity index (χ3v) is 8.14. The normalized spacial score (nSPS) is 18.5. The highest BCUT2D eigenvalue weighted by Crippen LogP contribution is 2.40. The zero-order chi connectivity index (χ0) is 23.3. The van der Waals surface area contributed by atoms with E-state index in [-0.39, 0.29) is 23.6 Å². The molecule has 1 aromatic carbocycles. The number of hydrogen-bond acceptors (Lipinski definition) is 5. The molecular weight excluding hydrogens is 437 g/mol. The first-order valence-corrected chi connectivity index (χ1v) is 13.1. The third-order valence-electron chi connectivity index (χ3n) is 7.24. The number of likely N-dealkylation sites (tertiary alicyclic amines) is 2. The Bertz CT molecular complexity index is 968. The Hall–Kier alpha value is -2.12. The van der Waals surface area contributed by atoms with Crippen molar-refractivity contribution in [3.63, 3.8) is 0 Å². The van der Waals surface area contributed by atoms with Gasteiger partial charge in [-0.25, -0.2) is 9.37 Å². The van der Waals surface area contributed by atoms with Gasteiger partial charge in [0.1, 0.15) is 17.8 Å². The summed E-state index contributed by atoms with van der Waals surface area (Å²) in [5, 5.41) is 2.98. The summed E-state index contributed by atoms with van der Waals surface area (Å²) in [6, 6.07) is 5.33. The highest BCUT2D eigenvalue weighted by Gasteiger charge is 2.40. The molecule has 0 aliphatic carbocycles. The van der Waals surface area contributed by atoms with E-state index in [1.807, 2.05) is 22.4 Å². The number of aldehydes is 1. The molecule has 2 aliphatic heterocycles. The summed E-state index contributed by atoms with van der Waals surface area (Å²) in [5.74, 6) is -0.175. The standard InChI is InChI=1S/C26H34FN3O2S/c1-2-3-8-23-28-22(18-33-23)25(32)30-13-5-10-26(19-30)11-14-29(15-12-26)17-21-7-4-6-20(9-16-31)24(21)27/h4,6-7,16,18H,2-3,5,8-15,17,19H2,1H3. The number of carbonyl (C=O) groups excluding carboxylic acids is 2. The predicted molar refractivity (Wildman–Crippen MR) is 129 cm³/mol. The van der Waals surface area contributed by atoms with Gasteiger partial charge >= 0.3 is 0 Å². The van der Waals surface area contributed by atoms with Crippen molar-refractivity contribution in [2.75, 3.05) is 26.2 Å². The van der Waals surface area contributed by atoms with Crippen LogP contribution >= 0.6 is 11.3 Å². The lowest BCUT2D eigenvalue weighted by Crippen LogP contribution is -2.51. The van der Waals surface area contributed by atoms with E-state index < -0.39 is 0 Å². The molecule has 1 spiro atoms. The molecule has 2 saturated heterocycles. The van der Waals surface area contributed by atoms with Gasteiger partial charge in [0.2, 0.25) is 0 Å². The Morgan fingerprint density at radius 2 is 2.00 bits per heavy atom. The van der Waals surface area contributed by atoms with Crippen LogP contribution in [-0.4, -0.2) is 53.2 Å². The zero-order valence-electron chi connectivity index (χ0n) is 19.5. The lowest BCUT2D eigenvalue weighted by Gasteiger charge is -2.47. The molecule has 178 valence electrons. The summed E-state index contributed by atoms with van der Waals surface area (Å²) >= 11 is 1.60. The molecule has 0 bridgehead atoms. The van der Waals surface area contributed by atoms with Crippen molar-refractivity contribution in [2.24, 2.45) is 5.41 Å². The van der Waals surface area contributed by atoms with Gasteiger partial charge < -0.3 is 9.69 Å². The molecule has 5 nitrogen and oxygen atoms in total. The van der Waals surface area contributed by atoms with Gasteiger partial charge in [0, 0.05) is 37.0 Å². The van der Waals surface area contributed by atoms with Gasteiger partial charge in [0.25, 0.3) is 5.91 Å². The van der Waals surface area contributed by atoms with Crippen LogP contribution in [0.4, 0.5) is 4.39 Å². The van der Waals surface area contributed by atoms with Gasteiger partial charge in [-0.05, 0) is 62.6 Å². The number of halogens is 1. The summed E-state index contributed by atoms with van der Waals surface area (Å²) in [5.41, 5.74) is 1.89. The molecule has 2 aromatic rings. The third kappa shape index (κ3) is 5.69. The van der Waals surface area contributed by atoms with E-state index >= 15 is 0 Å². The van der Waals surface area contributed by atoms with Crippen molar-refractivity contribution >= 4 is 23.5 Å². The van der Waals surface area contributed by atoms with Crippen molar-refractivity contribution in [3.05, 3.63) is 51.2 Å². The van der Waals surface area contributed by atoms with Crippen LogP contribution in [0.15, 0.2) is 23.6 Å². The maximum Gasteiger partial charge on any atom is 0.273 e. The predicted octanol–water partition coefficient (Wildman–Crippen LogP) is 4.88. The van der Waals surface area contributed by atoms with Gasteiger partial charge in [-0.2, -0.15) is 0 Å². The fraction of sp³-hybridized carbons (Fsp3) is 0.577. The summed E-state index contributed by atoms with van der Waals surface area (Å²) in [4.78, 5) is 32.9. The van der Waals surface area contributed by atoms with E-state index in [4.69, 9.17) is 0 Å². The molecule has 3 heterocycles. The van der Waals surface area contributed by atoms with Crippen LogP contribution in [0.5, 0.6) is 0 Å². The van der Waals surface area contributed by atoms with Crippen LogP contribution in [0.2, 0.25) is 0 Å². The maximum absolute atomic E-state index is 14.7. The molecule has 0 atom stereocenters. The highest BCUT2D eigenvalue weighted by atomic mass is 32.1. The van der Waals surface area contributed by atoms with Crippen LogP contribution in [0.1, 0.15) is 72.1 Å². The van der Waals surface area contributed by atoms with Crippen LogP contribution in [0.3, 0.4) is 0 Å². The smallest absolute Gasteiger partial charge is 0.273 e. The van der Waals surface area contributed by atoms with Gasteiger partial charge in [0.15, 0.2) is 0 Å². The minimum absolute atomic E-state index is 0.0737. The molecule has 1 amide bonds. The van der Waals surface area contributed by atoms with Crippen molar-refractivity contribution in [1.29, 1.82) is 0 Å². The monoisotopic (exact) mass is 471 g/mol. The first-order valence-electron chi connectivity index (χ1n) is 12.2. The molecule has 0 unspecified atom stereocenters. The van der Waals surface area contributed by atoms with E-state index in [1.165, 1.54) is 0 Å². The molecule has 0 saturated carbocycles. The average Bonchev–Trinajstić information content (AvgIpc) is 3.30. The Labute approximate surface area is 200 Å². The van der Waals surface area contributed by atoms with E-state index in [9.17, 15) is 14.0 Å². The van der Waals surface area contributed by atoms with E-state index in [2.05, 4.69) is 16.8 Å². The van der Waals surface area contributed by atoms with Crippen LogP contribution in [-0.2, 0) is 24.2 Å². The van der Waals surface area contributed by atoms with Crippen molar-refractivity contribution in [1.82, 2.24) is 14.8 Å². The molecule has 2 aliphatic rings. The van der Waals surface area contributed by atoms with E-state index in [0.717, 1.165) is 82.4 Å². The molecule has 0 radical (unpaired) electrons. The molecule has 4 rings (SSSR count). The molecule has 33 heavy (non-hydrogen) atoms. The number of thiazole rings is 1. The second kappa shape index (κ2) is 10.9. The topological polar surface area (TPSA) is 53.5 Å². The minimum atomic E-state index is -0.249. The fourth-order valence-electron chi connectivity index (χ4n) is 5.23. The van der Waals surface area contributed by atoms with E-state index in [0.29, 0.717) is 23.4 Å². The number of unbranched alkanes of at least 4 members (excludes halogenated alkanes) is 1. The summed E-state index contributed by atoms with van der Waals surface area (Å²) in [6.07, 6.45) is 8.27. The highest BCUT2D eigenvalue weighted by molar-refractivity contribution is 7.09. The van der Waals surface area contributed by atoms with Crippen LogP contribution < -0.4 is 0 Å². The summed E-state index contributed by atoms with van der Waals surface area (Å²) in [6.45, 7) is 6.14. The number of hydrogen-bond donors (Lipinski definition) is 0. The largest absolute Gasteiger partial charge is 0.337 e. The number of benzene rings is 1. The Morgan fingerprint density at radius 1 is 1.21 bits per heavy atom. The average molecular weight is 472 g/mol. The Kier molecular flexibility index (Phi) is 7.91. The number of aromatic nitrogens is 1. The van der Waals surface area contributed by atoms with Crippen molar-refractivity contribution in [2.45, 2.75) is 64.8 Å². The second-order valence-corrected chi connectivity index (χ2v) is 10.5. The summed E-state index contributed by atoms with van der Waals surface area (Å²) in [7, 11) is 0. The molecule has 1 aromatic heterocycles. The lowest BCUT2D eigenvalue weighted by molar-refractivity contribution is -0.107. The van der Waals surface area contributed by atoms with Crippen LogP contribution in [0, 0.1) is 11.2 Å². The van der Waals surface area contributed by atoms with E-state index in [1.54, 1.807) is 17.4 Å². The second-order valence-electron chi connectivity index (χ2n) is 9.60. The first kappa shape index (κ1) is 24.0. The number of nitrogens with zero attached hydrogens (tertiary/aromatic N) is 3. The molecule has 0 N–H and O–H groups in total. The van der Waals surface area contributed by atoms with Crippen molar-refractivity contribution in [3.8, 4) is 0 Å². The fourth-order valence-corrected chi connectivity index (χ4v) is 6.05. The molecule has 7 heteroatoms. The van der Waals surface area contributed by atoms with Gasteiger partial charge in [-0.3, -0.25) is 9.69 Å². The zero-order valence-corrected chi connectivity index (χ0v) is 20.3. The first-order chi connectivity index (χ1) is 16.0. The van der Waals surface area contributed by atoms with Crippen molar-refractivity contribution < 1.29 is 14.0 Å². The van der Waals surface area contributed by atoms with Gasteiger partial charge in [0.05, 0.1) is 5.01 Å². The quantitative estimate of drug-likeness (QED) is 0.515. The van der Waals surface area contributed by atoms with Gasteiger partial charge in [-0.1, -0.05) is 31.5 Å². The number of aryl methyl sites for hydroxylation is 1. The Balaban J connectivity index is 1.34. The maximum atomic E-state index is 14.7. The molecule has 2 fully saturated rings. The number of rotatable bonds is 8. The number of carbonyl (C=O) groups is 2. The summed E-state index contributed by atoms with van der Waals surface area (Å²) < 4.78 is 14.7. The lowest BCUT2D eigenvalue weighted by atomic mass is 9.72. The Morgan fingerprint density at radius 3 is 2.76 bits per heavy atom. The number of piperidine rings is 2. The number of amides is 1. The van der Waals surface area contributed by atoms with Crippen LogP contribution in [0.25, 0.3) is 0 Å². The van der Waals surface area contributed by atoms with Gasteiger partial charge in [-0.15, -0.1) is 11.3 Å². The minimum Gasteiger partial charge on any atom is -0.337 e. The molecular formula is C26H34FN3O2S. The SMILES string of the molecule is CCCCc1nc(C(=O)N2CCCC3(CCN(Cc4cccc(CC=O)c4F)CC3)C2)cs1.